The third kappa shape index (κ3) is 3.25. The van der Waals surface area contributed by atoms with E-state index in [4.69, 9.17) is 10.2 Å². The van der Waals surface area contributed by atoms with E-state index < -0.39 is 0 Å². The molecule has 5 rings (SSSR count). The standard InChI is InChI=1S/C23H22N4O2/c28-18-10-6-9-17(15-18)27-21(29)13-12-19(24-27)22-20-11-4-5-14-26(20)25-23(22)16-7-2-1-3-8-16/h1-5,7-8,11-14,17-18,28H,6,9-10,15H2. The van der Waals surface area contributed by atoms with Crippen LogP contribution in [0.25, 0.3) is 28.0 Å². The molecule has 6 nitrogen and oxygen atoms in total. The van der Waals surface area contributed by atoms with Crippen LogP contribution in [0.1, 0.15) is 31.7 Å². The van der Waals surface area contributed by atoms with Crippen molar-refractivity contribution in [1.29, 1.82) is 0 Å². The maximum atomic E-state index is 12.6. The van der Waals surface area contributed by atoms with Crippen LogP contribution in [0.2, 0.25) is 0 Å². The first-order valence-electron chi connectivity index (χ1n) is 10.0. The highest BCUT2D eigenvalue weighted by atomic mass is 16.3. The van der Waals surface area contributed by atoms with E-state index in [1.807, 2.05) is 59.2 Å². The van der Waals surface area contributed by atoms with Gasteiger partial charge in [-0.2, -0.15) is 10.2 Å². The number of pyridine rings is 1. The molecule has 4 aromatic rings. The lowest BCUT2D eigenvalue weighted by Gasteiger charge is -2.26. The van der Waals surface area contributed by atoms with Gasteiger partial charge in [0.05, 0.1) is 28.9 Å². The van der Waals surface area contributed by atoms with Gasteiger partial charge in [0.1, 0.15) is 5.69 Å². The van der Waals surface area contributed by atoms with E-state index in [1.54, 1.807) is 16.8 Å². The molecule has 0 bridgehead atoms. The molecule has 0 aliphatic heterocycles. The molecule has 0 saturated heterocycles. The number of fused-ring (bicyclic) bond motifs is 1. The average molecular weight is 386 g/mol. The summed E-state index contributed by atoms with van der Waals surface area (Å²) >= 11 is 0. The van der Waals surface area contributed by atoms with Crippen LogP contribution >= 0.6 is 0 Å². The Labute approximate surface area is 168 Å². The quantitative estimate of drug-likeness (QED) is 0.583. The number of aliphatic hydroxyl groups excluding tert-OH is 1. The molecule has 1 aliphatic carbocycles. The summed E-state index contributed by atoms with van der Waals surface area (Å²) in [4.78, 5) is 12.6. The highest BCUT2D eigenvalue weighted by Gasteiger charge is 2.24. The topological polar surface area (TPSA) is 72.4 Å². The Kier molecular flexibility index (Phi) is 4.48. The van der Waals surface area contributed by atoms with Crippen LogP contribution in [-0.4, -0.2) is 30.6 Å². The molecule has 0 radical (unpaired) electrons. The predicted molar refractivity (Wildman–Crippen MR) is 112 cm³/mol. The fourth-order valence-corrected chi connectivity index (χ4v) is 4.23. The smallest absolute Gasteiger partial charge is 0.267 e. The van der Waals surface area contributed by atoms with Crippen LogP contribution in [0.15, 0.2) is 71.7 Å². The number of aromatic nitrogens is 4. The second kappa shape index (κ2) is 7.29. The normalized spacial score (nSPS) is 19.5. The highest BCUT2D eigenvalue weighted by Crippen LogP contribution is 2.34. The highest BCUT2D eigenvalue weighted by molar-refractivity contribution is 5.90. The Morgan fingerprint density at radius 1 is 0.931 bits per heavy atom. The Morgan fingerprint density at radius 2 is 1.76 bits per heavy atom. The predicted octanol–water partition coefficient (Wildman–Crippen LogP) is 3.70. The maximum Gasteiger partial charge on any atom is 0.267 e. The summed E-state index contributed by atoms with van der Waals surface area (Å²) in [5.74, 6) is 0. The molecule has 0 amide bonds. The van der Waals surface area contributed by atoms with Crippen molar-refractivity contribution < 1.29 is 5.11 Å². The summed E-state index contributed by atoms with van der Waals surface area (Å²) < 4.78 is 3.40. The molecule has 146 valence electrons. The Morgan fingerprint density at radius 3 is 2.59 bits per heavy atom. The minimum Gasteiger partial charge on any atom is -0.393 e. The number of nitrogens with zero attached hydrogens (tertiary/aromatic N) is 4. The molecule has 1 fully saturated rings. The fraction of sp³-hybridized carbons (Fsp3) is 0.261. The largest absolute Gasteiger partial charge is 0.393 e. The Bertz CT molecular complexity index is 1210. The molecule has 0 spiro atoms. The van der Waals surface area contributed by atoms with Crippen molar-refractivity contribution in [3.63, 3.8) is 0 Å². The van der Waals surface area contributed by atoms with Gasteiger partial charge >= 0.3 is 0 Å². The number of hydrogen-bond acceptors (Lipinski definition) is 4. The van der Waals surface area contributed by atoms with Crippen LogP contribution in [0.4, 0.5) is 0 Å². The molecule has 3 heterocycles. The zero-order valence-corrected chi connectivity index (χ0v) is 16.0. The number of aliphatic hydroxyl groups is 1. The van der Waals surface area contributed by atoms with E-state index in [-0.39, 0.29) is 17.7 Å². The Balaban J connectivity index is 1.70. The second-order valence-electron chi connectivity index (χ2n) is 7.60. The van der Waals surface area contributed by atoms with Gasteiger partial charge in [-0.3, -0.25) is 4.79 Å². The molecule has 1 aromatic carbocycles. The van der Waals surface area contributed by atoms with Gasteiger partial charge < -0.3 is 5.11 Å². The van der Waals surface area contributed by atoms with E-state index in [2.05, 4.69) is 0 Å². The van der Waals surface area contributed by atoms with Gasteiger partial charge in [-0.25, -0.2) is 9.20 Å². The van der Waals surface area contributed by atoms with E-state index in [1.165, 1.54) is 0 Å². The fourth-order valence-electron chi connectivity index (χ4n) is 4.23. The number of benzene rings is 1. The molecule has 1 N–H and O–H groups in total. The van der Waals surface area contributed by atoms with Crippen molar-refractivity contribution in [2.45, 2.75) is 37.8 Å². The first-order valence-corrected chi connectivity index (χ1v) is 10.0. The van der Waals surface area contributed by atoms with Gasteiger partial charge in [0.2, 0.25) is 0 Å². The van der Waals surface area contributed by atoms with Crippen LogP contribution in [0.5, 0.6) is 0 Å². The van der Waals surface area contributed by atoms with Crippen molar-refractivity contribution in [2.75, 3.05) is 0 Å². The van der Waals surface area contributed by atoms with E-state index in [9.17, 15) is 9.90 Å². The van der Waals surface area contributed by atoms with Crippen molar-refractivity contribution in [2.24, 2.45) is 0 Å². The first-order chi connectivity index (χ1) is 14.2. The van der Waals surface area contributed by atoms with Crippen LogP contribution in [0.3, 0.4) is 0 Å². The summed E-state index contributed by atoms with van der Waals surface area (Å²) in [6, 6.07) is 19.2. The monoisotopic (exact) mass is 386 g/mol. The van der Waals surface area contributed by atoms with Gasteiger partial charge in [0, 0.05) is 17.8 Å². The van der Waals surface area contributed by atoms with Gasteiger partial charge in [-0.05, 0) is 43.9 Å². The lowest BCUT2D eigenvalue weighted by atomic mass is 9.93. The molecule has 2 atom stereocenters. The third-order valence-electron chi connectivity index (χ3n) is 5.63. The molecular formula is C23H22N4O2. The molecule has 3 aromatic heterocycles. The minimum absolute atomic E-state index is 0.0757. The van der Waals surface area contributed by atoms with Crippen LogP contribution in [0, 0.1) is 0 Å². The van der Waals surface area contributed by atoms with Gasteiger partial charge in [0.15, 0.2) is 0 Å². The van der Waals surface area contributed by atoms with E-state index >= 15 is 0 Å². The average Bonchev–Trinajstić information content (AvgIpc) is 3.14. The lowest BCUT2D eigenvalue weighted by molar-refractivity contribution is 0.0987. The molecule has 1 saturated carbocycles. The van der Waals surface area contributed by atoms with Crippen molar-refractivity contribution in [3.8, 4) is 22.5 Å². The van der Waals surface area contributed by atoms with Crippen molar-refractivity contribution >= 4 is 5.52 Å². The zero-order valence-electron chi connectivity index (χ0n) is 16.0. The molecular weight excluding hydrogens is 364 g/mol. The molecule has 6 heteroatoms. The lowest BCUT2D eigenvalue weighted by Crippen LogP contribution is -2.31. The van der Waals surface area contributed by atoms with Gasteiger partial charge in [0.25, 0.3) is 5.56 Å². The van der Waals surface area contributed by atoms with Crippen LogP contribution in [-0.2, 0) is 0 Å². The molecule has 2 unspecified atom stereocenters. The summed E-state index contributed by atoms with van der Waals surface area (Å²) in [6.07, 6.45) is 4.65. The summed E-state index contributed by atoms with van der Waals surface area (Å²) in [7, 11) is 0. The molecule has 1 aliphatic rings. The summed E-state index contributed by atoms with van der Waals surface area (Å²) in [5.41, 5.74) is 4.25. The van der Waals surface area contributed by atoms with Gasteiger partial charge in [-0.15, -0.1) is 0 Å². The van der Waals surface area contributed by atoms with Crippen molar-refractivity contribution in [1.82, 2.24) is 19.4 Å². The van der Waals surface area contributed by atoms with Gasteiger partial charge in [-0.1, -0.05) is 36.4 Å². The second-order valence-corrected chi connectivity index (χ2v) is 7.60. The number of hydrogen-bond donors (Lipinski definition) is 1. The van der Waals surface area contributed by atoms with Crippen molar-refractivity contribution in [3.05, 3.63) is 77.2 Å². The summed E-state index contributed by atoms with van der Waals surface area (Å²) in [6.45, 7) is 0. The first kappa shape index (κ1) is 17.8. The Hall–Kier alpha value is -3.25. The van der Waals surface area contributed by atoms with E-state index in [0.717, 1.165) is 41.6 Å². The van der Waals surface area contributed by atoms with E-state index in [0.29, 0.717) is 12.1 Å². The number of rotatable bonds is 3. The van der Waals surface area contributed by atoms with Crippen LogP contribution < -0.4 is 5.56 Å². The maximum absolute atomic E-state index is 12.6. The third-order valence-corrected chi connectivity index (χ3v) is 5.63. The zero-order chi connectivity index (χ0) is 19.8. The SMILES string of the molecule is O=c1ccc(-c2c(-c3ccccc3)nn3ccccc23)nn1C1CCCC(O)C1. The minimum atomic E-state index is -0.372. The summed E-state index contributed by atoms with van der Waals surface area (Å²) in [5, 5.41) is 19.6. The molecule has 29 heavy (non-hydrogen) atoms.